The fraction of sp³-hybridized carbons (Fsp3) is 0.269. The summed E-state index contributed by atoms with van der Waals surface area (Å²) in [5.41, 5.74) is 2.89. The van der Waals surface area contributed by atoms with Crippen LogP contribution in [0.15, 0.2) is 59.7 Å². The number of nitrogens with one attached hydrogen (secondary N) is 1. The minimum Gasteiger partial charge on any atom is -0.493 e. The van der Waals surface area contributed by atoms with Gasteiger partial charge in [0.15, 0.2) is 22.3 Å². The molecule has 1 unspecified atom stereocenters. The van der Waals surface area contributed by atoms with Crippen molar-refractivity contribution in [2.24, 2.45) is 5.10 Å². The first-order valence-electron chi connectivity index (χ1n) is 11.7. The highest BCUT2D eigenvalue weighted by Crippen LogP contribution is 2.30. The first-order chi connectivity index (χ1) is 17.9. The molecule has 2 amide bonds. The smallest absolute Gasteiger partial charge is 0.431 e. The molecule has 4 rings (SSSR count). The van der Waals surface area contributed by atoms with Crippen molar-refractivity contribution in [2.45, 2.75) is 32.9 Å². The third-order valence-electron chi connectivity index (χ3n) is 5.53. The summed E-state index contributed by atoms with van der Waals surface area (Å²) in [6.45, 7) is 4.49. The molecule has 192 valence electrons. The Morgan fingerprint density at radius 3 is 2.51 bits per heavy atom. The molecule has 0 fully saturated rings. The van der Waals surface area contributed by atoms with Crippen LogP contribution in [-0.4, -0.2) is 52.7 Å². The summed E-state index contributed by atoms with van der Waals surface area (Å²) >= 11 is 5.71. The number of carbonyl (C=O) groups is 2. The molecular formula is C26H26ClN5O5. The summed E-state index contributed by atoms with van der Waals surface area (Å²) in [7, 11) is 1.58. The van der Waals surface area contributed by atoms with E-state index >= 15 is 0 Å². The number of halogens is 1. The molecular weight excluding hydrogens is 498 g/mol. The van der Waals surface area contributed by atoms with Crippen molar-refractivity contribution in [1.29, 1.82) is 0 Å². The average molecular weight is 524 g/mol. The second-order valence-corrected chi connectivity index (χ2v) is 8.40. The summed E-state index contributed by atoms with van der Waals surface area (Å²) in [5, 5.41) is 16.3. The number of hydrazone groups is 1. The summed E-state index contributed by atoms with van der Waals surface area (Å²) in [5.74, 6) is 0.784. The summed E-state index contributed by atoms with van der Waals surface area (Å²) in [6.07, 6.45) is -0.450. The van der Waals surface area contributed by atoms with E-state index in [1.165, 1.54) is 17.1 Å². The van der Waals surface area contributed by atoms with Crippen LogP contribution in [0.1, 0.15) is 41.9 Å². The quantitative estimate of drug-likeness (QED) is 0.423. The molecule has 10 nitrogen and oxygen atoms in total. The Kier molecular flexibility index (Phi) is 8.19. The molecule has 2 heterocycles. The van der Waals surface area contributed by atoms with Gasteiger partial charge in [-0.05, 0) is 61.4 Å². The second-order valence-electron chi connectivity index (χ2n) is 8.01. The number of rotatable bonds is 9. The number of hydrogen-bond donors (Lipinski definition) is 1. The average Bonchev–Trinajstić information content (AvgIpc) is 2.91. The van der Waals surface area contributed by atoms with E-state index in [2.05, 4.69) is 20.6 Å². The van der Waals surface area contributed by atoms with Crippen molar-refractivity contribution < 1.29 is 23.8 Å². The van der Waals surface area contributed by atoms with E-state index in [0.29, 0.717) is 35.9 Å². The molecule has 3 aromatic rings. The molecule has 1 aromatic heterocycles. The van der Waals surface area contributed by atoms with Gasteiger partial charge in [-0.15, -0.1) is 10.2 Å². The van der Waals surface area contributed by atoms with Gasteiger partial charge in [-0.3, -0.25) is 4.79 Å². The molecule has 11 heteroatoms. The lowest BCUT2D eigenvalue weighted by Gasteiger charge is -2.29. The molecule has 1 N–H and O–H groups in total. The lowest BCUT2D eigenvalue weighted by molar-refractivity contribution is 0.0712. The highest BCUT2D eigenvalue weighted by atomic mass is 35.5. The van der Waals surface area contributed by atoms with E-state index in [4.69, 9.17) is 25.8 Å². The number of nitrogens with zero attached hydrogens (tertiary/aromatic N) is 4. The molecule has 0 radical (unpaired) electrons. The van der Waals surface area contributed by atoms with Crippen LogP contribution in [0.5, 0.6) is 11.5 Å². The van der Waals surface area contributed by atoms with Crippen molar-refractivity contribution in [3.05, 3.63) is 76.6 Å². The van der Waals surface area contributed by atoms with Gasteiger partial charge in [0, 0.05) is 11.3 Å². The summed E-state index contributed by atoms with van der Waals surface area (Å²) in [6, 6.07) is 15.5. The lowest BCUT2D eigenvalue weighted by atomic mass is 10.0. The maximum Gasteiger partial charge on any atom is 0.431 e. The number of ether oxygens (including phenoxy) is 3. The van der Waals surface area contributed by atoms with E-state index in [-0.39, 0.29) is 17.4 Å². The molecule has 1 aliphatic rings. The number of methoxy groups -OCH3 is 1. The molecule has 1 atom stereocenters. The number of carbonyl (C=O) groups excluding carboxylic acids is 2. The van der Waals surface area contributed by atoms with Crippen molar-refractivity contribution in [1.82, 2.24) is 15.2 Å². The lowest BCUT2D eigenvalue weighted by Crippen LogP contribution is -2.41. The van der Waals surface area contributed by atoms with Gasteiger partial charge >= 0.3 is 6.09 Å². The van der Waals surface area contributed by atoms with Gasteiger partial charge in [0.2, 0.25) is 0 Å². The van der Waals surface area contributed by atoms with Crippen molar-refractivity contribution in [2.75, 3.05) is 19.0 Å². The van der Waals surface area contributed by atoms with E-state index in [1.54, 1.807) is 37.4 Å². The molecule has 0 spiro atoms. The summed E-state index contributed by atoms with van der Waals surface area (Å²) in [4.78, 5) is 25.0. The minimum absolute atomic E-state index is 0.142. The monoisotopic (exact) mass is 523 g/mol. The van der Waals surface area contributed by atoms with E-state index in [9.17, 15) is 9.59 Å². The molecule has 2 aromatic carbocycles. The zero-order valence-corrected chi connectivity index (χ0v) is 21.4. The zero-order valence-electron chi connectivity index (χ0n) is 20.6. The molecule has 0 saturated heterocycles. The maximum atomic E-state index is 12.7. The van der Waals surface area contributed by atoms with Crippen LogP contribution >= 0.6 is 11.6 Å². The number of hydrogen-bond acceptors (Lipinski definition) is 8. The summed E-state index contributed by atoms with van der Waals surface area (Å²) < 4.78 is 16.8. The number of amides is 2. The van der Waals surface area contributed by atoms with Gasteiger partial charge in [-0.2, -0.15) is 10.1 Å². The maximum absolute atomic E-state index is 12.7. The SMILES string of the molecule is CCOc1cc(C2=NN(Cc3ccc(NC(=O)c4ccc(Cl)nn4)cc3)C(=O)OC2CC)ccc1OC. The minimum atomic E-state index is -0.534. The highest BCUT2D eigenvalue weighted by Gasteiger charge is 2.31. The normalized spacial score (nSPS) is 15.0. The first kappa shape index (κ1) is 25.9. The van der Waals surface area contributed by atoms with Crippen LogP contribution in [0.2, 0.25) is 5.15 Å². The third kappa shape index (κ3) is 6.15. The number of benzene rings is 2. The Labute approximate surface area is 219 Å². The largest absolute Gasteiger partial charge is 0.493 e. The molecule has 0 bridgehead atoms. The zero-order chi connectivity index (χ0) is 26.4. The van der Waals surface area contributed by atoms with Gasteiger partial charge in [0.1, 0.15) is 11.8 Å². The van der Waals surface area contributed by atoms with Crippen LogP contribution in [0.4, 0.5) is 10.5 Å². The Morgan fingerprint density at radius 1 is 1.08 bits per heavy atom. The van der Waals surface area contributed by atoms with Crippen LogP contribution in [0, 0.1) is 0 Å². The first-order valence-corrected chi connectivity index (χ1v) is 12.1. The third-order valence-corrected chi connectivity index (χ3v) is 5.73. The fourth-order valence-electron chi connectivity index (χ4n) is 3.70. The fourth-order valence-corrected chi connectivity index (χ4v) is 3.80. The van der Waals surface area contributed by atoms with Gasteiger partial charge in [-0.25, -0.2) is 4.79 Å². The number of anilines is 1. The van der Waals surface area contributed by atoms with Crippen LogP contribution in [0.25, 0.3) is 0 Å². The topological polar surface area (TPSA) is 115 Å². The van der Waals surface area contributed by atoms with Gasteiger partial charge in [0.05, 0.1) is 20.3 Å². The molecule has 37 heavy (non-hydrogen) atoms. The second kappa shape index (κ2) is 11.7. The Hall–Kier alpha value is -4.18. The number of cyclic esters (lactones) is 1. The van der Waals surface area contributed by atoms with Crippen LogP contribution < -0.4 is 14.8 Å². The van der Waals surface area contributed by atoms with Crippen molar-refractivity contribution >= 4 is 35.0 Å². The predicted molar refractivity (Wildman–Crippen MR) is 138 cm³/mol. The van der Waals surface area contributed by atoms with E-state index < -0.39 is 18.1 Å². The van der Waals surface area contributed by atoms with Crippen molar-refractivity contribution in [3.8, 4) is 11.5 Å². The molecule has 0 saturated carbocycles. The molecule has 1 aliphatic heterocycles. The van der Waals surface area contributed by atoms with E-state index in [0.717, 1.165) is 11.1 Å². The van der Waals surface area contributed by atoms with E-state index in [1.807, 2.05) is 26.0 Å². The molecule has 0 aliphatic carbocycles. The number of aromatic nitrogens is 2. The van der Waals surface area contributed by atoms with Gasteiger partial charge in [-0.1, -0.05) is 30.7 Å². The Morgan fingerprint density at radius 2 is 1.86 bits per heavy atom. The Balaban J connectivity index is 1.51. The Bertz CT molecular complexity index is 1300. The predicted octanol–water partition coefficient (Wildman–Crippen LogP) is 4.92. The highest BCUT2D eigenvalue weighted by molar-refractivity contribution is 6.29. The van der Waals surface area contributed by atoms with Crippen LogP contribution in [0.3, 0.4) is 0 Å². The van der Waals surface area contributed by atoms with Gasteiger partial charge < -0.3 is 19.5 Å². The van der Waals surface area contributed by atoms with Crippen molar-refractivity contribution in [3.63, 3.8) is 0 Å². The standard InChI is InChI=1S/C26H26ClN5O5/c1-4-20-24(17-8-12-21(35-3)22(14-17)36-5-2)31-32(26(34)37-20)15-16-6-9-18(10-7-16)28-25(33)19-11-13-23(27)30-29-19/h6-14,20H,4-5,15H2,1-3H3,(H,28,33). The van der Waals surface area contributed by atoms with Crippen LogP contribution in [-0.2, 0) is 11.3 Å². The van der Waals surface area contributed by atoms with Gasteiger partial charge in [0.25, 0.3) is 5.91 Å².